The summed E-state index contributed by atoms with van der Waals surface area (Å²) in [6.07, 6.45) is 2.40. The minimum atomic E-state index is -4.18. The maximum Gasteiger partial charge on any atom is 0.251 e. The minimum Gasteiger partial charge on any atom is -0.619 e. The number of hydrogen-bond acceptors (Lipinski definition) is 7. The van der Waals surface area contributed by atoms with Crippen LogP contribution in [0.4, 0.5) is 0 Å². The number of likely N-dealkylation sites (tertiary alicyclic amines) is 1. The van der Waals surface area contributed by atoms with Gasteiger partial charge in [-0.25, -0.2) is 8.42 Å². The van der Waals surface area contributed by atoms with Crippen molar-refractivity contribution in [1.82, 2.24) is 14.5 Å². The number of pyridine rings is 1. The van der Waals surface area contributed by atoms with Crippen molar-refractivity contribution < 1.29 is 32.6 Å². The van der Waals surface area contributed by atoms with Crippen LogP contribution in [-0.2, 0) is 31.4 Å². The zero-order valence-corrected chi connectivity index (χ0v) is 25.0. The number of amides is 2. The van der Waals surface area contributed by atoms with Crippen LogP contribution in [0, 0.1) is 5.21 Å². The van der Waals surface area contributed by atoms with Crippen molar-refractivity contribution in [3.63, 3.8) is 0 Å². The predicted octanol–water partition coefficient (Wildman–Crippen LogP) is 1.91. The number of nitrogens with zero attached hydrogens (tertiary/aromatic N) is 3. The van der Waals surface area contributed by atoms with Crippen LogP contribution in [0.1, 0.15) is 48.7 Å². The largest absolute Gasteiger partial charge is 0.619 e. The molecule has 0 radical (unpaired) electrons. The Morgan fingerprint density at radius 1 is 1.09 bits per heavy atom. The molecule has 11 nitrogen and oxygen atoms in total. The van der Waals surface area contributed by atoms with E-state index in [2.05, 4.69) is 26.1 Å². The molecular formula is C31H34N4O7S. The van der Waals surface area contributed by atoms with E-state index in [0.717, 1.165) is 22.3 Å². The topological polar surface area (TPSA) is 151 Å². The van der Waals surface area contributed by atoms with Crippen molar-refractivity contribution >= 4 is 27.6 Å². The van der Waals surface area contributed by atoms with Crippen LogP contribution in [-0.4, -0.2) is 71.5 Å². The Labute approximate surface area is 250 Å². The van der Waals surface area contributed by atoms with Gasteiger partial charge in [0.25, 0.3) is 5.91 Å². The van der Waals surface area contributed by atoms with Crippen molar-refractivity contribution in [2.24, 2.45) is 0 Å². The number of benzene rings is 2. The van der Waals surface area contributed by atoms with Crippen molar-refractivity contribution in [3.8, 4) is 5.75 Å². The summed E-state index contributed by atoms with van der Waals surface area (Å²) in [5, 5.41) is 24.3. The molecule has 2 N–H and O–H groups in total. The number of aromatic nitrogens is 1. The number of phenols is 1. The van der Waals surface area contributed by atoms with Gasteiger partial charge in [-0.1, -0.05) is 45.0 Å². The van der Waals surface area contributed by atoms with Gasteiger partial charge in [-0.3, -0.25) is 14.4 Å². The van der Waals surface area contributed by atoms with Crippen LogP contribution in [0.2, 0.25) is 0 Å². The van der Waals surface area contributed by atoms with Crippen molar-refractivity contribution in [3.05, 3.63) is 95.0 Å². The van der Waals surface area contributed by atoms with Gasteiger partial charge in [0.15, 0.2) is 18.2 Å². The molecule has 2 saturated heterocycles. The molecule has 3 heterocycles. The second kappa shape index (κ2) is 11.4. The highest BCUT2D eigenvalue weighted by molar-refractivity contribution is 7.89. The number of hydrogen-bond donors (Lipinski definition) is 2. The fourth-order valence-electron chi connectivity index (χ4n) is 5.69. The molecule has 0 aliphatic carbocycles. The molecule has 2 aromatic carbocycles. The molecule has 0 saturated carbocycles. The zero-order valence-electron chi connectivity index (χ0n) is 24.1. The monoisotopic (exact) mass is 606 g/mol. The first-order valence-electron chi connectivity index (χ1n) is 14.0. The highest BCUT2D eigenvalue weighted by Gasteiger charge is 2.54. The molecule has 0 bridgehead atoms. The Morgan fingerprint density at radius 3 is 2.40 bits per heavy atom. The number of aromatic hydroxyl groups is 1. The maximum absolute atomic E-state index is 14.0. The molecule has 2 amide bonds. The van der Waals surface area contributed by atoms with Gasteiger partial charge < -0.3 is 20.5 Å². The highest BCUT2D eigenvalue weighted by atomic mass is 32.2. The number of ketones is 1. The highest BCUT2D eigenvalue weighted by Crippen LogP contribution is 2.34. The first-order chi connectivity index (χ1) is 20.3. The maximum atomic E-state index is 14.0. The van der Waals surface area contributed by atoms with Gasteiger partial charge in [0.05, 0.1) is 12.6 Å². The molecule has 2 aliphatic rings. The third-order valence-electron chi connectivity index (χ3n) is 8.01. The van der Waals surface area contributed by atoms with Crippen molar-refractivity contribution in [2.45, 2.75) is 62.0 Å². The summed E-state index contributed by atoms with van der Waals surface area (Å²) in [7, 11) is -4.18. The van der Waals surface area contributed by atoms with Crippen molar-refractivity contribution in [1.29, 1.82) is 0 Å². The molecule has 1 aromatic heterocycles. The standard InChI is InChI=1S/C31H34N4O7S/c1-31(2,3)22-10-8-21(9-11-22)29(38)32-25(17-20-6-12-23(36)13-7-20)30(39)34-16-14-26-28(34)27(37)19-35(26)43(41,42)24-5-4-15-33(40)18-24/h4-13,15,18,25-26,28,36H,14,16-17,19H2,1-3H3,(H,32,38). The number of Topliss-reactive ketones (excluding diaryl/α,β-unsaturated/α-hetero) is 1. The molecule has 12 heteroatoms. The average molecular weight is 607 g/mol. The lowest BCUT2D eigenvalue weighted by Crippen LogP contribution is -2.53. The summed E-state index contributed by atoms with van der Waals surface area (Å²) >= 11 is 0. The summed E-state index contributed by atoms with van der Waals surface area (Å²) in [4.78, 5) is 41.7. The lowest BCUT2D eigenvalue weighted by Gasteiger charge is -2.28. The molecule has 3 aromatic rings. The van der Waals surface area contributed by atoms with Gasteiger partial charge >= 0.3 is 0 Å². The SMILES string of the molecule is CC(C)(C)c1ccc(C(=O)NC(Cc2ccc(O)cc2)C(=O)N2CCC3C2C(=O)CN3S(=O)(=O)c2ccc[n+]([O-])c2)cc1. The molecule has 0 spiro atoms. The van der Waals surface area contributed by atoms with E-state index >= 15 is 0 Å². The third kappa shape index (κ3) is 6.11. The Morgan fingerprint density at radius 2 is 1.77 bits per heavy atom. The summed E-state index contributed by atoms with van der Waals surface area (Å²) in [6, 6.07) is 13.1. The Hall–Kier alpha value is -4.29. The fraction of sp³-hybridized carbons (Fsp3) is 0.355. The molecular weight excluding hydrogens is 572 g/mol. The predicted molar refractivity (Wildman–Crippen MR) is 156 cm³/mol. The number of fused-ring (bicyclic) bond motifs is 1. The van der Waals surface area contributed by atoms with E-state index in [0.29, 0.717) is 15.9 Å². The molecule has 226 valence electrons. The molecule has 3 atom stereocenters. The second-order valence-electron chi connectivity index (χ2n) is 12.0. The summed E-state index contributed by atoms with van der Waals surface area (Å²) in [5.74, 6) is -1.36. The van der Waals surface area contributed by atoms with Gasteiger partial charge in [0, 0.05) is 24.6 Å². The number of carbonyl (C=O) groups excluding carboxylic acids is 3. The summed E-state index contributed by atoms with van der Waals surface area (Å²) < 4.78 is 28.2. The fourth-order valence-corrected chi connectivity index (χ4v) is 7.33. The van der Waals surface area contributed by atoms with E-state index in [4.69, 9.17) is 0 Å². The van der Waals surface area contributed by atoms with E-state index in [9.17, 15) is 33.1 Å². The summed E-state index contributed by atoms with van der Waals surface area (Å²) in [5.41, 5.74) is 1.98. The number of rotatable bonds is 7. The quantitative estimate of drug-likeness (QED) is 0.308. The van der Waals surface area contributed by atoms with Crippen LogP contribution in [0.25, 0.3) is 0 Å². The molecule has 3 unspecified atom stereocenters. The lowest BCUT2D eigenvalue weighted by molar-refractivity contribution is -0.607. The Balaban J connectivity index is 1.40. The van der Waals surface area contributed by atoms with E-state index in [1.165, 1.54) is 29.2 Å². The van der Waals surface area contributed by atoms with E-state index in [1.54, 1.807) is 24.3 Å². The normalized spacial score (nSPS) is 19.7. The van der Waals surface area contributed by atoms with Crippen LogP contribution >= 0.6 is 0 Å². The smallest absolute Gasteiger partial charge is 0.251 e. The van der Waals surface area contributed by atoms with Crippen LogP contribution < -0.4 is 10.0 Å². The summed E-state index contributed by atoms with van der Waals surface area (Å²) in [6.45, 7) is 5.88. The van der Waals surface area contributed by atoms with Gasteiger partial charge in [-0.2, -0.15) is 9.04 Å². The minimum absolute atomic E-state index is 0.0516. The second-order valence-corrected chi connectivity index (χ2v) is 13.9. The lowest BCUT2D eigenvalue weighted by atomic mass is 9.86. The van der Waals surface area contributed by atoms with Crippen molar-refractivity contribution in [2.75, 3.05) is 13.1 Å². The number of sulfonamides is 1. The molecule has 2 aliphatic heterocycles. The zero-order chi connectivity index (χ0) is 31.1. The number of carbonyl (C=O) groups is 3. The van der Waals surface area contributed by atoms with E-state index in [-0.39, 0.29) is 35.4 Å². The van der Waals surface area contributed by atoms with Crippen LogP contribution in [0.15, 0.2) is 78.0 Å². The first kappa shape index (κ1) is 30.2. The van der Waals surface area contributed by atoms with Gasteiger partial charge in [-0.05, 0) is 53.3 Å². The third-order valence-corrected chi connectivity index (χ3v) is 9.86. The molecule has 2 fully saturated rings. The number of phenolic OH excluding ortho intramolecular Hbond substituents is 1. The number of nitrogens with one attached hydrogen (secondary N) is 1. The van der Waals surface area contributed by atoms with Gasteiger partial charge in [0.1, 0.15) is 22.7 Å². The van der Waals surface area contributed by atoms with Gasteiger partial charge in [-0.15, -0.1) is 0 Å². The van der Waals surface area contributed by atoms with Gasteiger partial charge in [0.2, 0.25) is 15.9 Å². The van der Waals surface area contributed by atoms with Crippen LogP contribution in [0.3, 0.4) is 0 Å². The van der Waals surface area contributed by atoms with E-state index in [1.807, 2.05) is 12.1 Å². The van der Waals surface area contributed by atoms with E-state index < -0.39 is 52.3 Å². The van der Waals surface area contributed by atoms with Crippen LogP contribution in [0.5, 0.6) is 5.75 Å². The molecule has 5 rings (SSSR count). The Bertz CT molecular complexity index is 1650. The molecule has 43 heavy (non-hydrogen) atoms. The first-order valence-corrected chi connectivity index (χ1v) is 15.4. The average Bonchev–Trinajstić information content (AvgIpc) is 3.54. The Kier molecular flexibility index (Phi) is 8.01.